The number of hydrogen-bond acceptors (Lipinski definition) is 6. The predicted octanol–water partition coefficient (Wildman–Crippen LogP) is 22.4. The van der Waals surface area contributed by atoms with Crippen molar-refractivity contribution in [2.75, 3.05) is 9.80 Å². The Morgan fingerprint density at radius 3 is 1.41 bits per heavy atom. The Kier molecular flexibility index (Phi) is 12.9. The van der Waals surface area contributed by atoms with Crippen molar-refractivity contribution in [3.05, 3.63) is 324 Å². The van der Waals surface area contributed by atoms with Gasteiger partial charge in [0.1, 0.15) is 22.9 Å². The molecule has 0 atom stereocenters. The third-order valence-electron chi connectivity index (χ3n) is 23.3. The third kappa shape index (κ3) is 8.24. The first-order valence-electron chi connectivity index (χ1n) is 35.4. The molecule has 10 aromatic carbocycles. The summed E-state index contributed by atoms with van der Waals surface area (Å²) in [5, 5.41) is 9.63. The molecule has 0 fully saturated rings. The van der Waals surface area contributed by atoms with Gasteiger partial charge in [-0.25, -0.2) is 19.9 Å². The number of anilines is 6. The van der Waals surface area contributed by atoms with Gasteiger partial charge in [0.25, 0.3) is 0 Å². The van der Waals surface area contributed by atoms with Crippen molar-refractivity contribution in [1.29, 1.82) is 0 Å². The van der Waals surface area contributed by atoms with Crippen LogP contribution in [0, 0.1) is 12.1 Å². The number of rotatable bonds is 4. The van der Waals surface area contributed by atoms with E-state index in [1.54, 1.807) is 0 Å². The minimum absolute atomic E-state index is 0. The molecule has 22 rings (SSSR count). The fraction of sp³-hybridized carbons (Fsp3) is 0.130. The Morgan fingerprint density at radius 2 is 0.738 bits per heavy atom. The molecule has 0 spiro atoms. The average Bonchev–Trinajstić information content (AvgIpc) is 1.56. The number of nitrogens with zero attached hydrogens (tertiary/aromatic N) is 10. The van der Waals surface area contributed by atoms with Crippen molar-refractivity contribution in [1.82, 2.24) is 38.2 Å². The smallest absolute Gasteiger partial charge is 0.358 e. The van der Waals surface area contributed by atoms with Crippen LogP contribution in [-0.4, -0.2) is 38.2 Å². The van der Waals surface area contributed by atoms with Crippen LogP contribution in [0.5, 0.6) is 0 Å². The molecule has 11 heteroatoms. The molecule has 0 N–H and O–H groups in total. The average molecular weight is 1510 g/mol. The molecule has 0 saturated carbocycles. The van der Waals surface area contributed by atoms with Gasteiger partial charge in [0.2, 0.25) is 0 Å². The van der Waals surface area contributed by atoms with Crippen molar-refractivity contribution < 1.29 is 21.1 Å². The van der Waals surface area contributed by atoms with E-state index < -0.39 is 0 Å². The van der Waals surface area contributed by atoms with Gasteiger partial charge in [-0.05, 0) is 130 Å². The number of para-hydroxylation sites is 6. The molecular formula is C92H68N10Pt. The number of pyridine rings is 4. The molecular weight excluding hydrogens is 1440 g/mol. The molecule has 12 heterocycles. The van der Waals surface area contributed by atoms with Gasteiger partial charge >= 0.3 is 21.1 Å². The van der Waals surface area contributed by atoms with Crippen LogP contribution in [0.1, 0.15) is 99.9 Å². The Bertz CT molecular complexity index is 6180. The van der Waals surface area contributed by atoms with Gasteiger partial charge in [0.15, 0.2) is 0 Å². The Morgan fingerprint density at radius 1 is 0.282 bits per heavy atom. The zero-order valence-corrected chi connectivity index (χ0v) is 60.5. The van der Waals surface area contributed by atoms with Crippen molar-refractivity contribution in [3.8, 4) is 23.0 Å². The SMILES string of the molecule is CC1(C)c2cc3c4cccc5c4n(c3[c-]c2N(c2[c-]c(-n3c4ccccc4c4cccnc43)ccc2)c2ccccc21)-c1ncccc1C5(C)C.CC1(C)c2ccccc2N(c2cccc(-n3c4ccccc4c4cccnc43)c2)c2cc3c(cc21)c1cccc2c1n3-c1ncccc1C2(C)C.[Pt+2]. The summed E-state index contributed by atoms with van der Waals surface area (Å²) in [5.74, 6) is 2.00. The fourth-order valence-corrected chi connectivity index (χ4v) is 18.4. The van der Waals surface area contributed by atoms with Crippen molar-refractivity contribution in [2.45, 2.75) is 77.0 Å². The summed E-state index contributed by atoms with van der Waals surface area (Å²) in [6.45, 7) is 18.7. The third-order valence-corrected chi connectivity index (χ3v) is 23.3. The molecule has 0 bridgehead atoms. The summed E-state index contributed by atoms with van der Waals surface area (Å²) in [6, 6.07) is 96.0. The van der Waals surface area contributed by atoms with Crippen molar-refractivity contribution >= 4 is 122 Å². The predicted molar refractivity (Wildman–Crippen MR) is 417 cm³/mol. The second-order valence-corrected chi connectivity index (χ2v) is 30.1. The van der Waals surface area contributed by atoms with E-state index in [1.807, 2.05) is 36.9 Å². The molecule has 4 aliphatic heterocycles. The van der Waals surface area contributed by atoms with E-state index in [1.165, 1.54) is 105 Å². The van der Waals surface area contributed by atoms with Gasteiger partial charge in [0, 0.05) is 107 Å². The van der Waals surface area contributed by atoms with Crippen LogP contribution >= 0.6 is 0 Å². The van der Waals surface area contributed by atoms with Gasteiger partial charge in [-0.15, -0.1) is 35.2 Å². The van der Waals surface area contributed by atoms with E-state index >= 15 is 0 Å². The summed E-state index contributed by atoms with van der Waals surface area (Å²) in [6.07, 6.45) is 7.60. The number of benzene rings is 10. The normalized spacial score (nSPS) is 15.2. The van der Waals surface area contributed by atoms with E-state index in [-0.39, 0.29) is 42.7 Å². The molecule has 0 unspecified atom stereocenters. The zero-order chi connectivity index (χ0) is 68.4. The number of fused-ring (bicyclic) bond motifs is 20. The molecule has 8 aromatic heterocycles. The van der Waals surface area contributed by atoms with E-state index in [9.17, 15) is 0 Å². The minimum Gasteiger partial charge on any atom is -0.358 e. The molecule has 103 heavy (non-hydrogen) atoms. The zero-order valence-electron chi connectivity index (χ0n) is 58.2. The van der Waals surface area contributed by atoms with E-state index in [2.05, 4.69) is 326 Å². The summed E-state index contributed by atoms with van der Waals surface area (Å²) in [5.41, 5.74) is 26.8. The van der Waals surface area contributed by atoms with E-state index in [0.29, 0.717) is 0 Å². The monoisotopic (exact) mass is 1510 g/mol. The van der Waals surface area contributed by atoms with Crippen LogP contribution < -0.4 is 9.80 Å². The maximum absolute atomic E-state index is 5.05. The molecule has 4 aliphatic rings. The van der Waals surface area contributed by atoms with Crippen LogP contribution in [0.25, 0.3) is 110 Å². The molecule has 0 amide bonds. The van der Waals surface area contributed by atoms with Crippen LogP contribution in [-0.2, 0) is 42.7 Å². The van der Waals surface area contributed by atoms with Crippen molar-refractivity contribution in [2.24, 2.45) is 0 Å². The second-order valence-electron chi connectivity index (χ2n) is 30.1. The quantitative estimate of drug-likeness (QED) is 0.163. The molecule has 0 saturated heterocycles. The topological polar surface area (TPSA) is 77.8 Å². The first-order chi connectivity index (χ1) is 49.7. The largest absolute Gasteiger partial charge is 2.00 e. The fourth-order valence-electron chi connectivity index (χ4n) is 18.4. The van der Waals surface area contributed by atoms with Gasteiger partial charge in [-0.2, -0.15) is 12.1 Å². The van der Waals surface area contributed by atoms with Gasteiger partial charge in [0.05, 0.1) is 33.4 Å². The summed E-state index contributed by atoms with van der Waals surface area (Å²) in [7, 11) is 0. The minimum atomic E-state index is -0.275. The van der Waals surface area contributed by atoms with Crippen LogP contribution in [0.3, 0.4) is 0 Å². The number of hydrogen-bond donors (Lipinski definition) is 0. The molecule has 496 valence electrons. The Balaban J connectivity index is 0.000000136. The molecule has 10 nitrogen and oxygen atoms in total. The Labute approximate surface area is 610 Å². The maximum Gasteiger partial charge on any atom is 2.00 e. The Hall–Kier alpha value is -11.7. The summed E-state index contributed by atoms with van der Waals surface area (Å²) in [4.78, 5) is 24.6. The second kappa shape index (κ2) is 21.7. The van der Waals surface area contributed by atoms with Crippen LogP contribution in [0.15, 0.2) is 267 Å². The molecule has 18 aromatic rings. The van der Waals surface area contributed by atoms with Crippen LogP contribution in [0.4, 0.5) is 34.1 Å². The number of aromatic nitrogens is 8. The molecule has 0 radical (unpaired) electrons. The van der Waals surface area contributed by atoms with Gasteiger partial charge in [-0.1, -0.05) is 205 Å². The van der Waals surface area contributed by atoms with Crippen LogP contribution in [0.2, 0.25) is 0 Å². The maximum atomic E-state index is 5.05. The summed E-state index contributed by atoms with van der Waals surface area (Å²) < 4.78 is 9.31. The first kappa shape index (κ1) is 61.2. The van der Waals surface area contributed by atoms with Gasteiger partial charge < -0.3 is 18.9 Å². The van der Waals surface area contributed by atoms with Crippen molar-refractivity contribution in [3.63, 3.8) is 0 Å². The first-order valence-corrected chi connectivity index (χ1v) is 35.4. The van der Waals surface area contributed by atoms with E-state index in [0.717, 1.165) is 84.4 Å². The van der Waals surface area contributed by atoms with Gasteiger partial charge in [-0.3, -0.25) is 9.13 Å². The molecule has 0 aliphatic carbocycles. The summed E-state index contributed by atoms with van der Waals surface area (Å²) >= 11 is 0. The standard InChI is InChI=1S/C46H35N5.C46H33N5.Pt/c2*1-45(2)34-18-6-8-22-39(34)49(28-13-9-14-29(25-28)50-38-21-7-5-15-30(38)32-17-11-23-47-43(32)50)41-27-40-33(26-37(41)45)31-16-10-19-35-42(31)51(40)44-36(46(35,3)4)20-12-24-48-44;/h5-27H,1-4H3;5-24,26H,1-4H3;/q;-2;+2. The van der Waals surface area contributed by atoms with E-state index in [4.69, 9.17) is 19.9 Å².